The van der Waals surface area contributed by atoms with Crippen LogP contribution in [0.4, 0.5) is 4.79 Å². The summed E-state index contributed by atoms with van der Waals surface area (Å²) < 4.78 is 5.71. The quantitative estimate of drug-likeness (QED) is 0.571. The molecule has 150 valence electrons. The summed E-state index contributed by atoms with van der Waals surface area (Å²) in [5, 5.41) is 15.9. The number of guanidine groups is 1. The first kappa shape index (κ1) is 19.7. The summed E-state index contributed by atoms with van der Waals surface area (Å²) in [6.07, 6.45) is 0.195. The van der Waals surface area contributed by atoms with Gasteiger partial charge in [0.05, 0.1) is 13.1 Å². The minimum Gasteiger partial charge on any atom is -0.491 e. The van der Waals surface area contributed by atoms with Crippen LogP contribution in [0.1, 0.15) is 5.56 Å². The number of benzene rings is 1. The van der Waals surface area contributed by atoms with Crippen LogP contribution in [0.5, 0.6) is 5.75 Å². The number of aliphatic hydroxyl groups is 1. The van der Waals surface area contributed by atoms with Gasteiger partial charge in [0.2, 0.25) is 0 Å². The zero-order chi connectivity index (χ0) is 20.3. The van der Waals surface area contributed by atoms with Gasteiger partial charge in [0, 0.05) is 7.05 Å². The van der Waals surface area contributed by atoms with E-state index in [2.05, 4.69) is 22.2 Å². The van der Waals surface area contributed by atoms with Gasteiger partial charge in [-0.3, -0.25) is 10.1 Å². The Hall–Kier alpha value is -3.07. The highest BCUT2D eigenvalue weighted by molar-refractivity contribution is 6.04. The van der Waals surface area contributed by atoms with Gasteiger partial charge in [-0.2, -0.15) is 0 Å². The number of aliphatic hydroxyl groups excluding tert-OH is 1. The van der Waals surface area contributed by atoms with Crippen LogP contribution in [0.3, 0.4) is 0 Å². The van der Waals surface area contributed by atoms with Gasteiger partial charge in [-0.1, -0.05) is 24.3 Å². The molecule has 1 aromatic carbocycles. The van der Waals surface area contributed by atoms with Gasteiger partial charge in [-0.05, 0) is 18.6 Å². The number of nitrogens with zero attached hydrogens (tertiary/aromatic N) is 3. The second-order valence-electron chi connectivity index (χ2n) is 6.77. The Morgan fingerprint density at radius 2 is 2.14 bits per heavy atom. The Labute approximate surface area is 163 Å². The Morgan fingerprint density at radius 1 is 1.39 bits per heavy atom. The standard InChI is InChI=1S/C19H25N5O4/c1-4-9-20-18-21-16-15(17(26)22-19(27)23(16)3)24(18)10-13(25)11-28-14-8-6-5-7-12(14)2/h4-8,13,15-16,25H,1,9-11H2,2-3H3,(H,20,21)(H,22,26,27). The summed E-state index contributed by atoms with van der Waals surface area (Å²) in [7, 11) is 1.60. The Bertz CT molecular complexity index is 796. The van der Waals surface area contributed by atoms with Crippen LogP contribution in [-0.2, 0) is 4.79 Å². The number of β-amino-alcohol motifs (C(OH)–C–C–N with tert-alkyl or cyclic N) is 1. The summed E-state index contributed by atoms with van der Waals surface area (Å²) in [5.74, 6) is 0.693. The minimum atomic E-state index is -0.871. The third-order valence-corrected chi connectivity index (χ3v) is 4.72. The third-order valence-electron chi connectivity index (χ3n) is 4.72. The zero-order valence-electron chi connectivity index (χ0n) is 16.0. The first-order valence-electron chi connectivity index (χ1n) is 9.05. The van der Waals surface area contributed by atoms with E-state index in [1.165, 1.54) is 4.90 Å². The highest BCUT2D eigenvalue weighted by Gasteiger charge is 2.50. The highest BCUT2D eigenvalue weighted by atomic mass is 16.5. The van der Waals surface area contributed by atoms with Gasteiger partial charge in [-0.15, -0.1) is 6.58 Å². The number of fused-ring (bicyclic) bond motifs is 1. The normalized spacial score (nSPS) is 23.9. The number of carbonyl (C=O) groups excluding carboxylic acids is 2. The molecular weight excluding hydrogens is 362 g/mol. The molecule has 0 aliphatic carbocycles. The largest absolute Gasteiger partial charge is 0.491 e. The van der Waals surface area contributed by atoms with Crippen LogP contribution in [0, 0.1) is 6.92 Å². The topological polar surface area (TPSA) is 106 Å². The van der Waals surface area contributed by atoms with Crippen molar-refractivity contribution in [2.45, 2.75) is 25.2 Å². The maximum Gasteiger partial charge on any atom is 0.325 e. The predicted molar refractivity (Wildman–Crippen MR) is 104 cm³/mol. The third kappa shape index (κ3) is 3.94. The van der Waals surface area contributed by atoms with Crippen molar-refractivity contribution < 1.29 is 19.4 Å². The minimum absolute atomic E-state index is 0.0594. The predicted octanol–water partition coefficient (Wildman–Crippen LogP) is 0.0582. The Balaban J connectivity index is 1.73. The molecule has 3 unspecified atom stereocenters. The molecule has 1 aromatic rings. The molecule has 0 saturated carbocycles. The van der Waals surface area contributed by atoms with Crippen molar-refractivity contribution in [3.05, 3.63) is 42.5 Å². The first-order chi connectivity index (χ1) is 13.4. The van der Waals surface area contributed by atoms with E-state index in [1.807, 2.05) is 31.2 Å². The molecule has 0 bridgehead atoms. The molecule has 9 nitrogen and oxygen atoms in total. The maximum absolute atomic E-state index is 12.4. The van der Waals surface area contributed by atoms with E-state index in [0.29, 0.717) is 18.3 Å². The van der Waals surface area contributed by atoms with Gasteiger partial charge >= 0.3 is 6.03 Å². The van der Waals surface area contributed by atoms with Crippen molar-refractivity contribution in [2.75, 3.05) is 26.7 Å². The molecule has 2 heterocycles. The number of amides is 3. The lowest BCUT2D eigenvalue weighted by Gasteiger charge is -2.35. The van der Waals surface area contributed by atoms with Gasteiger partial charge in [0.1, 0.15) is 24.6 Å². The average Bonchev–Trinajstić information content (AvgIpc) is 3.02. The fourth-order valence-corrected chi connectivity index (χ4v) is 3.26. The Kier molecular flexibility index (Phi) is 5.84. The lowest BCUT2D eigenvalue weighted by molar-refractivity contribution is -0.127. The number of aryl methyl sites for hydroxylation is 1. The molecule has 9 heteroatoms. The number of nitrogens with one attached hydrogen (secondary N) is 2. The van der Waals surface area contributed by atoms with Crippen molar-refractivity contribution >= 4 is 17.9 Å². The second-order valence-corrected chi connectivity index (χ2v) is 6.77. The molecule has 2 aliphatic rings. The summed E-state index contributed by atoms with van der Waals surface area (Å²) in [5.41, 5.74) is 0.970. The molecule has 0 aromatic heterocycles. The van der Waals surface area contributed by atoms with Crippen LogP contribution in [0.25, 0.3) is 0 Å². The molecule has 2 saturated heterocycles. The number of urea groups is 1. The molecule has 3 rings (SSSR count). The number of para-hydroxylation sites is 1. The van der Waals surface area contributed by atoms with E-state index in [9.17, 15) is 14.7 Å². The van der Waals surface area contributed by atoms with Crippen LogP contribution >= 0.6 is 0 Å². The van der Waals surface area contributed by atoms with Crippen molar-refractivity contribution in [1.82, 2.24) is 20.4 Å². The van der Waals surface area contributed by atoms with E-state index in [0.717, 1.165) is 5.56 Å². The van der Waals surface area contributed by atoms with Crippen LogP contribution in [0.15, 0.2) is 41.9 Å². The van der Waals surface area contributed by atoms with Gasteiger partial charge < -0.3 is 25.0 Å². The lowest BCUT2D eigenvalue weighted by Crippen LogP contribution is -2.65. The smallest absolute Gasteiger partial charge is 0.325 e. The number of imide groups is 1. The van der Waals surface area contributed by atoms with Crippen molar-refractivity contribution in [2.24, 2.45) is 4.99 Å². The molecule has 3 amide bonds. The number of hydrogen-bond acceptors (Lipinski definition) is 5. The maximum atomic E-state index is 12.4. The summed E-state index contributed by atoms with van der Waals surface area (Å²) in [6, 6.07) is 6.36. The summed E-state index contributed by atoms with van der Waals surface area (Å²) in [6.45, 7) is 6.09. The Morgan fingerprint density at radius 3 is 2.86 bits per heavy atom. The number of ether oxygens (including phenoxy) is 1. The van der Waals surface area contributed by atoms with E-state index in [-0.39, 0.29) is 13.2 Å². The van der Waals surface area contributed by atoms with Crippen LogP contribution in [-0.4, -0.2) is 77.9 Å². The fourth-order valence-electron chi connectivity index (χ4n) is 3.26. The summed E-state index contributed by atoms with van der Waals surface area (Å²) in [4.78, 5) is 31.8. The number of carbonyl (C=O) groups is 2. The summed E-state index contributed by atoms with van der Waals surface area (Å²) >= 11 is 0. The van der Waals surface area contributed by atoms with Gasteiger partial charge in [0.25, 0.3) is 5.91 Å². The monoisotopic (exact) mass is 387 g/mol. The van der Waals surface area contributed by atoms with Crippen LogP contribution in [0.2, 0.25) is 0 Å². The van der Waals surface area contributed by atoms with Crippen molar-refractivity contribution in [1.29, 1.82) is 0 Å². The zero-order valence-corrected chi connectivity index (χ0v) is 16.0. The van der Waals surface area contributed by atoms with E-state index < -0.39 is 30.2 Å². The molecule has 3 atom stereocenters. The molecule has 3 N–H and O–H groups in total. The second kappa shape index (κ2) is 8.30. The SMILES string of the molecule is C=CCN=C1NC2C(C(=O)NC(=O)N2C)N1CC(O)COc1ccccc1C. The van der Waals surface area contributed by atoms with Crippen LogP contribution < -0.4 is 15.4 Å². The number of aliphatic imine (C=N–C) groups is 1. The molecule has 2 aliphatic heterocycles. The number of hydrogen-bond donors (Lipinski definition) is 3. The number of likely N-dealkylation sites (N-methyl/N-ethyl adjacent to an activating group) is 1. The van der Waals surface area contributed by atoms with Gasteiger partial charge in [-0.25, -0.2) is 9.79 Å². The van der Waals surface area contributed by atoms with E-state index in [4.69, 9.17) is 4.74 Å². The lowest BCUT2D eigenvalue weighted by atomic mass is 10.1. The highest BCUT2D eigenvalue weighted by Crippen LogP contribution is 2.21. The first-order valence-corrected chi connectivity index (χ1v) is 9.05. The molecule has 0 spiro atoms. The number of rotatable bonds is 7. The van der Waals surface area contributed by atoms with E-state index in [1.54, 1.807) is 18.0 Å². The van der Waals surface area contributed by atoms with Crippen molar-refractivity contribution in [3.63, 3.8) is 0 Å². The fraction of sp³-hybridized carbons (Fsp3) is 0.421. The molecule has 0 radical (unpaired) electrons. The molecule has 28 heavy (non-hydrogen) atoms. The molecule has 2 fully saturated rings. The average molecular weight is 387 g/mol. The van der Waals surface area contributed by atoms with Gasteiger partial charge in [0.15, 0.2) is 12.0 Å². The van der Waals surface area contributed by atoms with Crippen molar-refractivity contribution in [3.8, 4) is 5.75 Å². The van der Waals surface area contributed by atoms with E-state index >= 15 is 0 Å². The molecular formula is C19H25N5O4.